The Kier molecular flexibility index (Phi) is 3.73. The average molecular weight is 312 g/mol. The average Bonchev–Trinajstić information content (AvgIpc) is 3.01. The quantitative estimate of drug-likeness (QED) is 0.827. The summed E-state index contributed by atoms with van der Waals surface area (Å²) in [7, 11) is -3.02. The highest BCUT2D eigenvalue weighted by atomic mass is 32.2. The van der Waals surface area contributed by atoms with Crippen molar-refractivity contribution >= 4 is 15.7 Å². The molecule has 0 bridgehead atoms. The third-order valence-corrected chi connectivity index (χ3v) is 6.06. The number of nitrogens with zero attached hydrogens (tertiary/aromatic N) is 3. The fourth-order valence-electron chi connectivity index (χ4n) is 3.08. The topological polar surface area (TPSA) is 93.9 Å². The number of nitrogens with one attached hydrogen (secondary N) is 1. The van der Waals surface area contributed by atoms with Gasteiger partial charge in [-0.15, -0.1) is 10.2 Å². The normalized spacial score (nSPS) is 27.3. The van der Waals surface area contributed by atoms with E-state index in [0.29, 0.717) is 13.0 Å². The van der Waals surface area contributed by atoms with Gasteiger partial charge >= 0.3 is 0 Å². The maximum atomic E-state index is 12.2. The summed E-state index contributed by atoms with van der Waals surface area (Å²) in [6, 6.07) is 0.0367. The second-order valence-corrected chi connectivity index (χ2v) is 8.07. The van der Waals surface area contributed by atoms with Gasteiger partial charge in [0.05, 0.1) is 17.4 Å². The molecule has 21 heavy (non-hydrogen) atoms. The van der Waals surface area contributed by atoms with Crippen molar-refractivity contribution in [1.82, 2.24) is 20.1 Å². The second kappa shape index (κ2) is 5.40. The van der Waals surface area contributed by atoms with Crippen molar-refractivity contribution in [2.75, 3.05) is 11.5 Å². The highest BCUT2D eigenvalue weighted by molar-refractivity contribution is 7.91. The predicted octanol–water partition coefficient (Wildman–Crippen LogP) is -0.294. The van der Waals surface area contributed by atoms with Gasteiger partial charge in [0.15, 0.2) is 9.84 Å². The Morgan fingerprint density at radius 2 is 2.19 bits per heavy atom. The number of amides is 1. The van der Waals surface area contributed by atoms with E-state index in [1.165, 1.54) is 0 Å². The SMILES string of the molecule is CCc1nnc2n1C[C@@H](NC(=O)[C@H]1CCS(=O)(=O)C1)CC2. The van der Waals surface area contributed by atoms with Gasteiger partial charge in [-0.2, -0.15) is 0 Å². The zero-order valence-electron chi connectivity index (χ0n) is 12.1. The van der Waals surface area contributed by atoms with Crippen LogP contribution in [-0.4, -0.2) is 46.6 Å². The van der Waals surface area contributed by atoms with Crippen LogP contribution in [0.15, 0.2) is 0 Å². The molecule has 1 saturated heterocycles. The van der Waals surface area contributed by atoms with Crippen LogP contribution in [0.3, 0.4) is 0 Å². The second-order valence-electron chi connectivity index (χ2n) is 5.84. The van der Waals surface area contributed by atoms with Crippen LogP contribution in [0.5, 0.6) is 0 Å². The van der Waals surface area contributed by atoms with Crippen molar-refractivity contribution < 1.29 is 13.2 Å². The molecule has 3 rings (SSSR count). The van der Waals surface area contributed by atoms with E-state index in [1.807, 2.05) is 6.92 Å². The number of hydrogen-bond acceptors (Lipinski definition) is 5. The molecule has 116 valence electrons. The lowest BCUT2D eigenvalue weighted by Crippen LogP contribution is -2.44. The maximum absolute atomic E-state index is 12.2. The fourth-order valence-corrected chi connectivity index (χ4v) is 4.82. The molecule has 8 heteroatoms. The number of hydrogen-bond donors (Lipinski definition) is 1. The minimum absolute atomic E-state index is 0.0103. The van der Waals surface area contributed by atoms with Gasteiger partial charge in [0.1, 0.15) is 11.6 Å². The van der Waals surface area contributed by atoms with Gasteiger partial charge in [-0.25, -0.2) is 8.42 Å². The van der Waals surface area contributed by atoms with Crippen LogP contribution < -0.4 is 5.32 Å². The first kappa shape index (κ1) is 14.5. The lowest BCUT2D eigenvalue weighted by atomic mass is 10.0. The number of carbonyl (C=O) groups excluding carboxylic acids is 1. The van der Waals surface area contributed by atoms with Gasteiger partial charge < -0.3 is 9.88 Å². The molecule has 0 spiro atoms. The number of sulfone groups is 1. The minimum atomic E-state index is -3.02. The molecule has 7 nitrogen and oxygen atoms in total. The summed E-state index contributed by atoms with van der Waals surface area (Å²) in [5, 5.41) is 11.3. The van der Waals surface area contributed by atoms with Gasteiger partial charge in [0.2, 0.25) is 5.91 Å². The van der Waals surface area contributed by atoms with Crippen LogP contribution in [0.25, 0.3) is 0 Å². The number of carbonyl (C=O) groups is 1. The summed E-state index contributed by atoms with van der Waals surface area (Å²) >= 11 is 0. The molecule has 3 heterocycles. The van der Waals surface area contributed by atoms with E-state index in [-0.39, 0.29) is 29.4 Å². The molecule has 1 N–H and O–H groups in total. The number of aryl methyl sites for hydroxylation is 2. The fraction of sp³-hybridized carbons (Fsp3) is 0.769. The van der Waals surface area contributed by atoms with Crippen molar-refractivity contribution in [1.29, 1.82) is 0 Å². The predicted molar refractivity (Wildman–Crippen MR) is 76.4 cm³/mol. The van der Waals surface area contributed by atoms with Crippen LogP contribution in [0.2, 0.25) is 0 Å². The Hall–Kier alpha value is -1.44. The molecule has 0 saturated carbocycles. The Morgan fingerprint density at radius 1 is 1.38 bits per heavy atom. The van der Waals surface area contributed by atoms with E-state index in [1.54, 1.807) is 0 Å². The first-order valence-corrected chi connectivity index (χ1v) is 9.22. The van der Waals surface area contributed by atoms with Crippen LogP contribution >= 0.6 is 0 Å². The van der Waals surface area contributed by atoms with Gasteiger partial charge in [-0.1, -0.05) is 6.92 Å². The summed E-state index contributed by atoms with van der Waals surface area (Å²) in [4.78, 5) is 12.2. The molecule has 1 aromatic heterocycles. The van der Waals surface area contributed by atoms with E-state index < -0.39 is 9.84 Å². The number of rotatable bonds is 3. The minimum Gasteiger partial charge on any atom is -0.351 e. The lowest BCUT2D eigenvalue weighted by Gasteiger charge is -2.26. The molecule has 1 fully saturated rings. The van der Waals surface area contributed by atoms with Gasteiger partial charge in [-0.3, -0.25) is 4.79 Å². The van der Waals surface area contributed by atoms with Crippen molar-refractivity contribution in [2.45, 2.75) is 45.2 Å². The Labute approximate surface area is 124 Å². The van der Waals surface area contributed by atoms with E-state index in [2.05, 4.69) is 20.1 Å². The smallest absolute Gasteiger partial charge is 0.224 e. The van der Waals surface area contributed by atoms with Crippen molar-refractivity contribution in [3.8, 4) is 0 Å². The Morgan fingerprint density at radius 3 is 2.86 bits per heavy atom. The van der Waals surface area contributed by atoms with Gasteiger partial charge in [0.25, 0.3) is 0 Å². The molecule has 0 aromatic carbocycles. The maximum Gasteiger partial charge on any atom is 0.224 e. The first-order chi connectivity index (χ1) is 9.98. The molecule has 2 atom stereocenters. The monoisotopic (exact) mass is 312 g/mol. The molecule has 2 aliphatic rings. The first-order valence-electron chi connectivity index (χ1n) is 7.40. The largest absolute Gasteiger partial charge is 0.351 e. The Bertz CT molecular complexity index is 639. The zero-order valence-corrected chi connectivity index (χ0v) is 12.9. The third kappa shape index (κ3) is 2.95. The molecule has 2 aliphatic heterocycles. The Balaban J connectivity index is 1.63. The van der Waals surface area contributed by atoms with Crippen LogP contribution in [0.1, 0.15) is 31.4 Å². The molecule has 0 aliphatic carbocycles. The summed E-state index contributed by atoms with van der Waals surface area (Å²) < 4.78 is 25.0. The van der Waals surface area contributed by atoms with E-state index in [9.17, 15) is 13.2 Å². The molecule has 1 aromatic rings. The van der Waals surface area contributed by atoms with Gasteiger partial charge in [0, 0.05) is 25.4 Å². The molecule has 0 radical (unpaired) electrons. The number of fused-ring (bicyclic) bond motifs is 1. The van der Waals surface area contributed by atoms with Crippen LogP contribution in [0, 0.1) is 5.92 Å². The van der Waals surface area contributed by atoms with Crippen molar-refractivity contribution in [2.24, 2.45) is 5.92 Å². The molecular weight excluding hydrogens is 292 g/mol. The van der Waals surface area contributed by atoms with E-state index in [0.717, 1.165) is 30.9 Å². The van der Waals surface area contributed by atoms with E-state index >= 15 is 0 Å². The summed E-state index contributed by atoms with van der Waals surface area (Å²) in [6.45, 7) is 2.71. The van der Waals surface area contributed by atoms with Crippen LogP contribution in [0.4, 0.5) is 0 Å². The highest BCUT2D eigenvalue weighted by Gasteiger charge is 2.34. The summed E-state index contributed by atoms with van der Waals surface area (Å²) in [6.07, 6.45) is 2.88. The summed E-state index contributed by atoms with van der Waals surface area (Å²) in [5.74, 6) is 1.52. The number of aromatic nitrogens is 3. The van der Waals surface area contributed by atoms with Crippen LogP contribution in [-0.2, 0) is 34.0 Å². The van der Waals surface area contributed by atoms with Crippen molar-refractivity contribution in [3.63, 3.8) is 0 Å². The summed E-state index contributed by atoms with van der Waals surface area (Å²) in [5.41, 5.74) is 0. The van der Waals surface area contributed by atoms with Crippen molar-refractivity contribution in [3.05, 3.63) is 11.6 Å². The third-order valence-electron chi connectivity index (χ3n) is 4.29. The highest BCUT2D eigenvalue weighted by Crippen LogP contribution is 2.20. The zero-order chi connectivity index (χ0) is 15.0. The molecular formula is C13H20N4O3S. The van der Waals surface area contributed by atoms with Gasteiger partial charge in [-0.05, 0) is 12.8 Å². The molecule has 0 unspecified atom stereocenters. The van der Waals surface area contributed by atoms with E-state index in [4.69, 9.17) is 0 Å². The standard InChI is InChI=1S/C13H20N4O3S/c1-2-11-15-16-12-4-3-10(7-17(11)12)14-13(18)9-5-6-21(19,20)8-9/h9-10H,2-8H2,1H3,(H,14,18)/t9-,10-/m0/s1. The molecule has 1 amide bonds. The lowest BCUT2D eigenvalue weighted by molar-refractivity contribution is -0.125.